The number of imidazole rings is 1. The Labute approximate surface area is 166 Å². The van der Waals surface area contributed by atoms with Crippen LogP contribution in [-0.2, 0) is 7.05 Å². The number of para-hydroxylation sites is 2. The zero-order valence-electron chi connectivity index (χ0n) is 14.8. The van der Waals surface area contributed by atoms with Crippen molar-refractivity contribution in [2.75, 3.05) is 0 Å². The van der Waals surface area contributed by atoms with Gasteiger partial charge in [-0.2, -0.15) is 0 Å². The highest BCUT2D eigenvalue weighted by Crippen LogP contribution is 2.25. The molecule has 5 heteroatoms. The number of amides is 1. The number of halogens is 1. The van der Waals surface area contributed by atoms with Crippen molar-refractivity contribution in [3.8, 4) is 0 Å². The lowest BCUT2D eigenvalue weighted by molar-refractivity contribution is 0.0941. The van der Waals surface area contributed by atoms with Gasteiger partial charge in [-0.3, -0.25) is 4.79 Å². The summed E-state index contributed by atoms with van der Waals surface area (Å²) >= 11 is 3.40. The molecule has 0 saturated heterocycles. The number of hydrogen-bond donors (Lipinski definition) is 1. The van der Waals surface area contributed by atoms with E-state index in [0.29, 0.717) is 5.56 Å². The van der Waals surface area contributed by atoms with Crippen molar-refractivity contribution >= 4 is 32.9 Å². The second kappa shape index (κ2) is 7.37. The van der Waals surface area contributed by atoms with Crippen molar-refractivity contribution in [2.45, 2.75) is 6.04 Å². The Bertz CT molecular complexity index is 1090. The Kier molecular flexibility index (Phi) is 4.77. The Morgan fingerprint density at radius 2 is 1.63 bits per heavy atom. The maximum Gasteiger partial charge on any atom is 0.252 e. The summed E-state index contributed by atoms with van der Waals surface area (Å²) in [5.74, 6) is 0.663. The number of nitrogens with zero attached hydrogens (tertiary/aromatic N) is 2. The molecule has 4 nitrogen and oxygen atoms in total. The SMILES string of the molecule is Cn1c(C(NC(=O)c2ccc(Br)cc2)c2ccccc2)nc2ccccc21. The second-order valence-electron chi connectivity index (χ2n) is 6.34. The van der Waals surface area contributed by atoms with Gasteiger partial charge < -0.3 is 9.88 Å². The number of carbonyl (C=O) groups is 1. The van der Waals surface area contributed by atoms with Crippen molar-refractivity contribution in [3.63, 3.8) is 0 Å². The van der Waals surface area contributed by atoms with E-state index in [2.05, 4.69) is 21.2 Å². The molecule has 1 aromatic heterocycles. The van der Waals surface area contributed by atoms with E-state index >= 15 is 0 Å². The average molecular weight is 420 g/mol. The fourth-order valence-electron chi connectivity index (χ4n) is 3.18. The molecule has 0 bridgehead atoms. The number of carbonyl (C=O) groups excluding carboxylic acids is 1. The molecule has 4 aromatic rings. The first-order valence-corrected chi connectivity index (χ1v) is 9.45. The summed E-state index contributed by atoms with van der Waals surface area (Å²) in [7, 11) is 1.98. The Balaban J connectivity index is 1.76. The quantitative estimate of drug-likeness (QED) is 0.513. The van der Waals surface area contributed by atoms with E-state index in [-0.39, 0.29) is 11.9 Å². The van der Waals surface area contributed by atoms with Crippen LogP contribution in [0.15, 0.2) is 83.3 Å². The van der Waals surface area contributed by atoms with Crippen molar-refractivity contribution in [1.29, 1.82) is 0 Å². The van der Waals surface area contributed by atoms with E-state index in [1.165, 1.54) is 0 Å². The van der Waals surface area contributed by atoms with Crippen LogP contribution in [0.2, 0.25) is 0 Å². The van der Waals surface area contributed by atoms with Crippen LogP contribution in [0, 0.1) is 0 Å². The molecule has 1 heterocycles. The lowest BCUT2D eigenvalue weighted by Crippen LogP contribution is -2.31. The molecule has 0 spiro atoms. The third-order valence-electron chi connectivity index (χ3n) is 4.59. The third-order valence-corrected chi connectivity index (χ3v) is 5.12. The van der Waals surface area contributed by atoms with E-state index in [1.54, 1.807) is 12.1 Å². The molecule has 27 heavy (non-hydrogen) atoms. The number of benzene rings is 3. The molecule has 1 atom stereocenters. The first-order chi connectivity index (χ1) is 13.1. The van der Waals surface area contributed by atoms with Gasteiger partial charge in [-0.1, -0.05) is 58.4 Å². The van der Waals surface area contributed by atoms with Gasteiger partial charge in [-0.05, 0) is 42.0 Å². The zero-order valence-corrected chi connectivity index (χ0v) is 16.3. The second-order valence-corrected chi connectivity index (χ2v) is 7.26. The number of nitrogens with one attached hydrogen (secondary N) is 1. The summed E-state index contributed by atoms with van der Waals surface area (Å²) in [6.45, 7) is 0. The normalized spacial score (nSPS) is 12.1. The minimum atomic E-state index is -0.347. The molecule has 0 fully saturated rings. The van der Waals surface area contributed by atoms with E-state index in [1.807, 2.05) is 78.3 Å². The third kappa shape index (κ3) is 3.51. The van der Waals surface area contributed by atoms with Crippen LogP contribution in [0.4, 0.5) is 0 Å². The highest BCUT2D eigenvalue weighted by atomic mass is 79.9. The number of rotatable bonds is 4. The molecule has 1 unspecified atom stereocenters. The molecule has 3 aromatic carbocycles. The minimum absolute atomic E-state index is 0.136. The fraction of sp³-hybridized carbons (Fsp3) is 0.0909. The summed E-state index contributed by atoms with van der Waals surface area (Å²) in [4.78, 5) is 17.7. The average Bonchev–Trinajstić information content (AvgIpc) is 3.04. The van der Waals surface area contributed by atoms with Gasteiger partial charge >= 0.3 is 0 Å². The van der Waals surface area contributed by atoms with E-state index < -0.39 is 0 Å². The maximum absolute atomic E-state index is 12.9. The predicted octanol–water partition coefficient (Wildman–Crippen LogP) is 4.86. The molecular weight excluding hydrogens is 402 g/mol. The van der Waals surface area contributed by atoms with Gasteiger partial charge in [0.25, 0.3) is 5.91 Å². The summed E-state index contributed by atoms with van der Waals surface area (Å²) in [5.41, 5.74) is 3.54. The monoisotopic (exact) mass is 419 g/mol. The van der Waals surface area contributed by atoms with Crippen LogP contribution in [0.1, 0.15) is 27.8 Å². The highest BCUT2D eigenvalue weighted by molar-refractivity contribution is 9.10. The van der Waals surface area contributed by atoms with E-state index in [9.17, 15) is 4.79 Å². The molecule has 134 valence electrons. The Morgan fingerprint density at radius 3 is 2.33 bits per heavy atom. The van der Waals surface area contributed by atoms with Gasteiger partial charge in [0.05, 0.1) is 11.0 Å². The Hall–Kier alpha value is -2.92. The van der Waals surface area contributed by atoms with E-state index in [0.717, 1.165) is 26.9 Å². The molecule has 1 N–H and O–H groups in total. The summed E-state index contributed by atoms with van der Waals surface area (Å²) in [6.07, 6.45) is 0. The van der Waals surface area contributed by atoms with Gasteiger partial charge in [0.2, 0.25) is 0 Å². The largest absolute Gasteiger partial charge is 0.338 e. The lowest BCUT2D eigenvalue weighted by Gasteiger charge is -2.19. The van der Waals surface area contributed by atoms with Crippen molar-refractivity contribution in [2.24, 2.45) is 7.05 Å². The topological polar surface area (TPSA) is 46.9 Å². The molecule has 0 saturated carbocycles. The van der Waals surface area contributed by atoms with Crippen molar-refractivity contribution in [1.82, 2.24) is 14.9 Å². The molecule has 0 aliphatic rings. The Morgan fingerprint density at radius 1 is 0.963 bits per heavy atom. The summed E-state index contributed by atoms with van der Waals surface area (Å²) in [6, 6.07) is 24.9. The van der Waals surface area contributed by atoms with Gasteiger partial charge in [0.1, 0.15) is 11.9 Å². The maximum atomic E-state index is 12.9. The van der Waals surface area contributed by atoms with Gasteiger partial charge in [-0.15, -0.1) is 0 Å². The van der Waals surface area contributed by atoms with Crippen LogP contribution in [0.25, 0.3) is 11.0 Å². The number of aromatic nitrogens is 2. The summed E-state index contributed by atoms with van der Waals surface area (Å²) < 4.78 is 2.98. The van der Waals surface area contributed by atoms with Crippen molar-refractivity contribution < 1.29 is 4.79 Å². The number of hydrogen-bond acceptors (Lipinski definition) is 2. The fourth-order valence-corrected chi connectivity index (χ4v) is 3.44. The van der Waals surface area contributed by atoms with Gasteiger partial charge in [-0.25, -0.2) is 4.98 Å². The minimum Gasteiger partial charge on any atom is -0.338 e. The van der Waals surface area contributed by atoms with Crippen LogP contribution < -0.4 is 5.32 Å². The van der Waals surface area contributed by atoms with Crippen LogP contribution in [0.3, 0.4) is 0 Å². The van der Waals surface area contributed by atoms with Crippen LogP contribution in [-0.4, -0.2) is 15.5 Å². The molecule has 0 aliphatic heterocycles. The molecule has 1 amide bonds. The molecule has 4 rings (SSSR count). The smallest absolute Gasteiger partial charge is 0.252 e. The number of fused-ring (bicyclic) bond motifs is 1. The van der Waals surface area contributed by atoms with Gasteiger partial charge in [0.15, 0.2) is 0 Å². The zero-order chi connectivity index (χ0) is 18.8. The first-order valence-electron chi connectivity index (χ1n) is 8.66. The van der Waals surface area contributed by atoms with E-state index in [4.69, 9.17) is 4.98 Å². The van der Waals surface area contributed by atoms with Crippen molar-refractivity contribution in [3.05, 3.63) is 100 Å². The van der Waals surface area contributed by atoms with Gasteiger partial charge in [0, 0.05) is 17.1 Å². The van der Waals surface area contributed by atoms with Crippen LogP contribution in [0.5, 0.6) is 0 Å². The molecular formula is C22H18BrN3O. The number of aryl methyl sites for hydroxylation is 1. The standard InChI is InChI=1S/C22H18BrN3O/c1-26-19-10-6-5-9-18(19)24-21(26)20(15-7-3-2-4-8-15)25-22(27)16-11-13-17(23)14-12-16/h2-14,20H,1H3,(H,25,27). The lowest BCUT2D eigenvalue weighted by atomic mass is 10.1. The highest BCUT2D eigenvalue weighted by Gasteiger charge is 2.23. The molecule has 0 aliphatic carbocycles. The molecule has 0 radical (unpaired) electrons. The van der Waals surface area contributed by atoms with Crippen LogP contribution >= 0.6 is 15.9 Å². The predicted molar refractivity (Wildman–Crippen MR) is 111 cm³/mol. The first kappa shape index (κ1) is 17.5. The summed E-state index contributed by atoms with van der Waals surface area (Å²) in [5, 5.41) is 3.15.